The van der Waals surface area contributed by atoms with Gasteiger partial charge in [-0.25, -0.2) is 0 Å². The second kappa shape index (κ2) is 11.3. The number of aromatic nitrogens is 3. The number of nitrogens with one attached hydrogen (secondary N) is 2. The molecule has 166 valence electrons. The second-order valence-corrected chi connectivity index (χ2v) is 8.09. The van der Waals surface area contributed by atoms with Gasteiger partial charge in [0.2, 0.25) is 5.91 Å². The third-order valence-electron chi connectivity index (χ3n) is 4.83. The van der Waals surface area contributed by atoms with Crippen molar-refractivity contribution in [1.29, 1.82) is 0 Å². The number of carbonyl (C=O) groups is 2. The molecule has 0 bridgehead atoms. The smallest absolute Gasteiger partial charge is 0.251 e. The molecule has 7 nitrogen and oxygen atoms in total. The van der Waals surface area contributed by atoms with Crippen molar-refractivity contribution in [3.05, 3.63) is 84.2 Å². The summed E-state index contributed by atoms with van der Waals surface area (Å²) in [4.78, 5) is 25.0. The summed E-state index contributed by atoms with van der Waals surface area (Å²) in [6, 6.07) is 16.4. The molecular weight excluding hydrogens is 422 g/mol. The third-order valence-corrected chi connectivity index (χ3v) is 5.80. The molecule has 2 amide bonds. The Morgan fingerprint density at radius 1 is 1.12 bits per heavy atom. The van der Waals surface area contributed by atoms with E-state index in [4.69, 9.17) is 0 Å². The van der Waals surface area contributed by atoms with Gasteiger partial charge in [-0.1, -0.05) is 61.2 Å². The highest BCUT2D eigenvalue weighted by atomic mass is 32.2. The largest absolute Gasteiger partial charge is 0.342 e. The number of carbonyl (C=O) groups excluding carboxylic acids is 2. The number of anilines is 1. The molecule has 0 aliphatic rings. The van der Waals surface area contributed by atoms with Crippen LogP contribution in [0.5, 0.6) is 0 Å². The third kappa shape index (κ3) is 5.85. The van der Waals surface area contributed by atoms with Crippen LogP contribution in [0.4, 0.5) is 5.69 Å². The molecular formula is C24H27N5O2S. The molecule has 3 rings (SSSR count). The number of aryl methyl sites for hydroxylation is 1. The van der Waals surface area contributed by atoms with E-state index in [1.165, 1.54) is 11.8 Å². The van der Waals surface area contributed by atoms with E-state index in [2.05, 4.69) is 34.3 Å². The zero-order chi connectivity index (χ0) is 22.9. The van der Waals surface area contributed by atoms with Crippen molar-refractivity contribution < 1.29 is 9.59 Å². The van der Waals surface area contributed by atoms with Gasteiger partial charge in [-0.2, -0.15) is 0 Å². The van der Waals surface area contributed by atoms with Gasteiger partial charge in [0.1, 0.15) is 0 Å². The highest BCUT2D eigenvalue weighted by Crippen LogP contribution is 2.22. The van der Waals surface area contributed by atoms with E-state index in [1.54, 1.807) is 18.2 Å². The molecule has 8 heteroatoms. The van der Waals surface area contributed by atoms with Crippen molar-refractivity contribution in [3.63, 3.8) is 0 Å². The number of allylic oxidation sites excluding steroid dienone is 1. The molecule has 32 heavy (non-hydrogen) atoms. The lowest BCUT2D eigenvalue weighted by atomic mass is 10.1. The number of hydrogen-bond donors (Lipinski definition) is 2. The fraction of sp³-hybridized carbons (Fsp3) is 0.250. The Hall–Kier alpha value is -3.39. The summed E-state index contributed by atoms with van der Waals surface area (Å²) in [5.74, 6) is 0.497. The average Bonchev–Trinajstić information content (AvgIpc) is 3.21. The Balaban J connectivity index is 1.66. The van der Waals surface area contributed by atoms with E-state index in [0.717, 1.165) is 17.7 Å². The van der Waals surface area contributed by atoms with Crippen LogP contribution in [-0.2, 0) is 17.8 Å². The van der Waals surface area contributed by atoms with Gasteiger partial charge in [0.15, 0.2) is 11.0 Å². The molecule has 1 heterocycles. The Kier molecular flexibility index (Phi) is 8.21. The molecule has 1 atom stereocenters. The molecule has 0 aliphatic heterocycles. The molecule has 0 fully saturated rings. The monoisotopic (exact) mass is 449 g/mol. The maximum atomic E-state index is 12.5. The Morgan fingerprint density at radius 3 is 2.56 bits per heavy atom. The lowest BCUT2D eigenvalue weighted by molar-refractivity contribution is -0.113. The topological polar surface area (TPSA) is 88.9 Å². The van der Waals surface area contributed by atoms with E-state index < -0.39 is 0 Å². The van der Waals surface area contributed by atoms with Crippen LogP contribution in [-0.4, -0.2) is 32.3 Å². The van der Waals surface area contributed by atoms with Crippen LogP contribution in [0.1, 0.15) is 41.6 Å². The summed E-state index contributed by atoms with van der Waals surface area (Å²) in [5, 5.41) is 15.0. The van der Waals surface area contributed by atoms with E-state index in [-0.39, 0.29) is 23.6 Å². The minimum Gasteiger partial charge on any atom is -0.342 e. The van der Waals surface area contributed by atoms with Crippen LogP contribution < -0.4 is 10.6 Å². The van der Waals surface area contributed by atoms with Crippen LogP contribution in [0, 0.1) is 0 Å². The summed E-state index contributed by atoms with van der Waals surface area (Å²) in [6.07, 6.45) is 2.58. The van der Waals surface area contributed by atoms with Crippen molar-refractivity contribution >= 4 is 29.3 Å². The standard InChI is InChI=1S/C24H27N5O2S/c1-4-15-29-22(17(3)25-23(31)19-12-7-6-8-13-19)27-28-24(29)32-16-21(30)26-20-14-10-9-11-18(20)5-2/h4,6-14,17H,1,5,15-16H2,2-3H3,(H,25,31)(H,26,30)/t17-/m0/s1. The van der Waals surface area contributed by atoms with Crippen molar-refractivity contribution in [2.45, 2.75) is 38.0 Å². The predicted molar refractivity (Wildman–Crippen MR) is 128 cm³/mol. The summed E-state index contributed by atoms with van der Waals surface area (Å²) >= 11 is 1.30. The van der Waals surface area contributed by atoms with Crippen LogP contribution in [0.25, 0.3) is 0 Å². The maximum absolute atomic E-state index is 12.5. The first kappa shape index (κ1) is 23.3. The molecule has 0 saturated heterocycles. The number of thioether (sulfide) groups is 1. The number of benzene rings is 2. The summed E-state index contributed by atoms with van der Waals surface area (Å²) in [7, 11) is 0. The van der Waals surface area contributed by atoms with Gasteiger partial charge >= 0.3 is 0 Å². The van der Waals surface area contributed by atoms with Gasteiger partial charge in [0.05, 0.1) is 11.8 Å². The first-order valence-corrected chi connectivity index (χ1v) is 11.4. The van der Waals surface area contributed by atoms with Gasteiger partial charge in [-0.3, -0.25) is 9.59 Å². The molecule has 2 aromatic carbocycles. The average molecular weight is 450 g/mol. The SMILES string of the molecule is C=CCn1c(SCC(=O)Nc2ccccc2CC)nnc1[C@H](C)NC(=O)c1ccccc1. The van der Waals surface area contributed by atoms with E-state index in [0.29, 0.717) is 23.1 Å². The van der Waals surface area contributed by atoms with Gasteiger partial charge in [-0.15, -0.1) is 16.8 Å². The van der Waals surface area contributed by atoms with Crippen molar-refractivity contribution in [1.82, 2.24) is 20.1 Å². The molecule has 0 spiro atoms. The van der Waals surface area contributed by atoms with Crippen molar-refractivity contribution in [3.8, 4) is 0 Å². The molecule has 0 aliphatic carbocycles. The van der Waals surface area contributed by atoms with Gasteiger partial charge < -0.3 is 15.2 Å². The Bertz CT molecular complexity index is 1080. The quantitative estimate of drug-likeness (QED) is 0.357. The summed E-state index contributed by atoms with van der Waals surface area (Å²) in [5.41, 5.74) is 2.49. The minimum absolute atomic E-state index is 0.115. The molecule has 3 aromatic rings. The van der Waals surface area contributed by atoms with Crippen molar-refractivity contribution in [2.75, 3.05) is 11.1 Å². The first-order chi connectivity index (χ1) is 15.5. The summed E-state index contributed by atoms with van der Waals surface area (Å²) < 4.78 is 1.86. The lowest BCUT2D eigenvalue weighted by Crippen LogP contribution is -2.28. The first-order valence-electron chi connectivity index (χ1n) is 10.4. The zero-order valence-corrected chi connectivity index (χ0v) is 19.1. The second-order valence-electron chi connectivity index (χ2n) is 7.15. The fourth-order valence-corrected chi connectivity index (χ4v) is 3.98. The molecule has 0 radical (unpaired) electrons. The lowest BCUT2D eigenvalue weighted by Gasteiger charge is -2.15. The van der Waals surface area contributed by atoms with E-state index in [1.807, 2.05) is 54.0 Å². The highest BCUT2D eigenvalue weighted by Gasteiger charge is 2.20. The fourth-order valence-electron chi connectivity index (χ4n) is 3.23. The van der Waals surface area contributed by atoms with Gasteiger partial charge in [-0.05, 0) is 37.1 Å². The molecule has 1 aromatic heterocycles. The van der Waals surface area contributed by atoms with Crippen LogP contribution >= 0.6 is 11.8 Å². The number of para-hydroxylation sites is 1. The number of amides is 2. The van der Waals surface area contributed by atoms with Crippen molar-refractivity contribution in [2.24, 2.45) is 0 Å². The number of hydrogen-bond acceptors (Lipinski definition) is 5. The van der Waals surface area contributed by atoms with Gasteiger partial charge in [0.25, 0.3) is 5.91 Å². The van der Waals surface area contributed by atoms with E-state index in [9.17, 15) is 9.59 Å². The predicted octanol–water partition coefficient (Wildman–Crippen LogP) is 4.25. The van der Waals surface area contributed by atoms with Gasteiger partial charge in [0, 0.05) is 17.8 Å². The minimum atomic E-state index is -0.366. The highest BCUT2D eigenvalue weighted by molar-refractivity contribution is 7.99. The normalized spacial score (nSPS) is 11.6. The van der Waals surface area contributed by atoms with Crippen LogP contribution in [0.15, 0.2) is 72.4 Å². The van der Waals surface area contributed by atoms with E-state index >= 15 is 0 Å². The molecule has 0 unspecified atom stereocenters. The number of nitrogens with zero attached hydrogens (tertiary/aromatic N) is 3. The number of rotatable bonds is 10. The molecule has 2 N–H and O–H groups in total. The summed E-state index contributed by atoms with van der Waals surface area (Å²) in [6.45, 7) is 8.18. The Morgan fingerprint density at radius 2 is 1.84 bits per heavy atom. The molecule has 0 saturated carbocycles. The zero-order valence-electron chi connectivity index (χ0n) is 18.2. The Labute approximate surface area is 192 Å². The maximum Gasteiger partial charge on any atom is 0.251 e. The van der Waals surface area contributed by atoms with Crippen LogP contribution in [0.3, 0.4) is 0 Å². The van der Waals surface area contributed by atoms with Crippen LogP contribution in [0.2, 0.25) is 0 Å².